The Morgan fingerprint density at radius 2 is 2.22 bits per heavy atom. The van der Waals surface area contributed by atoms with Gasteiger partial charge in [-0.05, 0) is 30.0 Å². The van der Waals surface area contributed by atoms with E-state index in [1.165, 1.54) is 12.1 Å². The lowest BCUT2D eigenvalue weighted by atomic mass is 9.89. The van der Waals surface area contributed by atoms with E-state index in [9.17, 15) is 13.6 Å². The molecular weight excluding hydrogens is 242 g/mol. The van der Waals surface area contributed by atoms with Crippen LogP contribution in [0.2, 0.25) is 0 Å². The third-order valence-electron chi connectivity index (χ3n) is 2.97. The molecule has 1 aliphatic rings. The lowest BCUT2D eigenvalue weighted by molar-refractivity contribution is -0.122. The standard InChI is InChI=1S/C12H14F2N2O2/c13-12(14)18-10-5-7(1-2-9(10)15)8-3-4-16-11(17)6-8/h1-2,5,8,12H,3-4,6,15H2,(H,16,17)/t8-/m0/s1. The van der Waals surface area contributed by atoms with E-state index in [1.54, 1.807) is 6.07 Å². The number of hydrogen-bond acceptors (Lipinski definition) is 3. The van der Waals surface area contributed by atoms with Crippen molar-refractivity contribution in [1.29, 1.82) is 0 Å². The van der Waals surface area contributed by atoms with Gasteiger partial charge < -0.3 is 15.8 Å². The van der Waals surface area contributed by atoms with Crippen molar-refractivity contribution in [3.63, 3.8) is 0 Å². The summed E-state index contributed by atoms with van der Waals surface area (Å²) < 4.78 is 28.7. The average molecular weight is 256 g/mol. The fourth-order valence-electron chi connectivity index (χ4n) is 2.07. The van der Waals surface area contributed by atoms with Gasteiger partial charge in [0.05, 0.1) is 5.69 Å². The topological polar surface area (TPSA) is 64.3 Å². The van der Waals surface area contributed by atoms with Gasteiger partial charge in [-0.15, -0.1) is 0 Å². The Morgan fingerprint density at radius 3 is 2.89 bits per heavy atom. The maximum atomic E-state index is 12.2. The highest BCUT2D eigenvalue weighted by molar-refractivity contribution is 5.77. The number of rotatable bonds is 3. The highest BCUT2D eigenvalue weighted by atomic mass is 19.3. The molecule has 3 N–H and O–H groups in total. The van der Waals surface area contributed by atoms with Crippen molar-refractivity contribution in [3.8, 4) is 5.75 Å². The fraction of sp³-hybridized carbons (Fsp3) is 0.417. The summed E-state index contributed by atoms with van der Waals surface area (Å²) in [5.41, 5.74) is 6.52. The van der Waals surface area contributed by atoms with Crippen molar-refractivity contribution in [2.75, 3.05) is 12.3 Å². The Kier molecular flexibility index (Phi) is 3.64. The van der Waals surface area contributed by atoms with E-state index in [0.29, 0.717) is 13.0 Å². The number of alkyl halides is 2. The van der Waals surface area contributed by atoms with Crippen LogP contribution < -0.4 is 15.8 Å². The second-order valence-electron chi connectivity index (χ2n) is 4.22. The summed E-state index contributed by atoms with van der Waals surface area (Å²) in [4.78, 5) is 11.3. The zero-order valence-electron chi connectivity index (χ0n) is 9.66. The summed E-state index contributed by atoms with van der Waals surface area (Å²) >= 11 is 0. The molecule has 6 heteroatoms. The molecule has 0 bridgehead atoms. The molecular formula is C12H14F2N2O2. The highest BCUT2D eigenvalue weighted by Gasteiger charge is 2.21. The van der Waals surface area contributed by atoms with Crippen LogP contribution in [0.15, 0.2) is 18.2 Å². The predicted octanol–water partition coefficient (Wildman–Crippen LogP) is 1.86. The Labute approximate surface area is 103 Å². The zero-order valence-corrected chi connectivity index (χ0v) is 9.66. The van der Waals surface area contributed by atoms with Gasteiger partial charge in [0, 0.05) is 13.0 Å². The lowest BCUT2D eigenvalue weighted by Crippen LogP contribution is -2.32. The second kappa shape index (κ2) is 5.20. The van der Waals surface area contributed by atoms with Crippen molar-refractivity contribution in [3.05, 3.63) is 23.8 Å². The van der Waals surface area contributed by atoms with Gasteiger partial charge in [-0.2, -0.15) is 8.78 Å². The first-order valence-electron chi connectivity index (χ1n) is 5.67. The average Bonchev–Trinajstić information content (AvgIpc) is 2.31. The van der Waals surface area contributed by atoms with Crippen LogP contribution in [0, 0.1) is 0 Å². The largest absolute Gasteiger partial charge is 0.433 e. The van der Waals surface area contributed by atoms with Gasteiger partial charge >= 0.3 is 6.61 Å². The summed E-state index contributed by atoms with van der Waals surface area (Å²) in [6.45, 7) is -2.31. The number of ether oxygens (including phenoxy) is 1. The van der Waals surface area contributed by atoms with Gasteiger partial charge in [-0.25, -0.2) is 0 Å². The van der Waals surface area contributed by atoms with Crippen LogP contribution in [-0.4, -0.2) is 19.1 Å². The summed E-state index contributed by atoms with van der Waals surface area (Å²) in [5.74, 6) is -0.0349. The van der Waals surface area contributed by atoms with Gasteiger partial charge in [0.15, 0.2) is 0 Å². The van der Waals surface area contributed by atoms with E-state index < -0.39 is 6.61 Å². The van der Waals surface area contributed by atoms with Gasteiger partial charge in [-0.1, -0.05) is 6.07 Å². The first kappa shape index (κ1) is 12.6. The number of amides is 1. The summed E-state index contributed by atoms with van der Waals surface area (Å²) in [7, 11) is 0. The number of piperidine rings is 1. The molecule has 18 heavy (non-hydrogen) atoms. The first-order chi connectivity index (χ1) is 8.56. The van der Waals surface area contributed by atoms with Crippen LogP contribution in [0.4, 0.5) is 14.5 Å². The number of carbonyl (C=O) groups is 1. The molecule has 1 saturated heterocycles. The van der Waals surface area contributed by atoms with Crippen molar-refractivity contribution in [1.82, 2.24) is 5.32 Å². The molecule has 1 heterocycles. The van der Waals surface area contributed by atoms with E-state index in [-0.39, 0.29) is 23.3 Å². The maximum Gasteiger partial charge on any atom is 0.387 e. The molecule has 1 aliphatic heterocycles. The third-order valence-corrected chi connectivity index (χ3v) is 2.97. The van der Waals surface area contributed by atoms with Gasteiger partial charge in [-0.3, -0.25) is 4.79 Å². The maximum absolute atomic E-state index is 12.2. The summed E-state index contributed by atoms with van der Waals surface area (Å²) in [6, 6.07) is 4.77. The third kappa shape index (κ3) is 2.88. The lowest BCUT2D eigenvalue weighted by Gasteiger charge is -2.23. The van der Waals surface area contributed by atoms with E-state index in [2.05, 4.69) is 10.1 Å². The molecule has 1 atom stereocenters. The molecule has 1 amide bonds. The Balaban J connectivity index is 2.20. The van der Waals surface area contributed by atoms with Gasteiger partial charge in [0.25, 0.3) is 0 Å². The molecule has 0 aromatic heterocycles. The molecule has 0 unspecified atom stereocenters. The number of nitrogen functional groups attached to an aromatic ring is 1. The van der Waals surface area contributed by atoms with Crippen LogP contribution in [0.3, 0.4) is 0 Å². The van der Waals surface area contributed by atoms with Crippen molar-refractivity contribution in [2.45, 2.75) is 25.4 Å². The Morgan fingerprint density at radius 1 is 1.44 bits per heavy atom. The molecule has 1 aromatic carbocycles. The van der Waals surface area contributed by atoms with Gasteiger partial charge in [0.1, 0.15) is 5.75 Å². The monoisotopic (exact) mass is 256 g/mol. The Hall–Kier alpha value is -1.85. The summed E-state index contributed by atoms with van der Waals surface area (Å²) in [5, 5.41) is 2.73. The molecule has 0 saturated carbocycles. The van der Waals surface area contributed by atoms with Crippen LogP contribution in [0.1, 0.15) is 24.3 Å². The molecule has 4 nitrogen and oxygen atoms in total. The van der Waals surface area contributed by atoms with Crippen LogP contribution >= 0.6 is 0 Å². The van der Waals surface area contributed by atoms with E-state index in [1.807, 2.05) is 0 Å². The Bertz CT molecular complexity index is 452. The normalized spacial score (nSPS) is 19.7. The predicted molar refractivity (Wildman–Crippen MR) is 62.5 cm³/mol. The van der Waals surface area contributed by atoms with E-state index >= 15 is 0 Å². The highest BCUT2D eigenvalue weighted by Crippen LogP contribution is 2.32. The first-order valence-corrected chi connectivity index (χ1v) is 5.67. The van der Waals surface area contributed by atoms with E-state index in [4.69, 9.17) is 5.73 Å². The molecule has 1 fully saturated rings. The number of nitrogens with two attached hydrogens (primary N) is 1. The number of benzene rings is 1. The smallest absolute Gasteiger partial charge is 0.387 e. The van der Waals surface area contributed by atoms with Crippen molar-refractivity contribution >= 4 is 11.6 Å². The van der Waals surface area contributed by atoms with Crippen LogP contribution in [0.25, 0.3) is 0 Å². The minimum atomic E-state index is -2.91. The molecule has 0 aliphatic carbocycles. The number of nitrogens with one attached hydrogen (secondary N) is 1. The molecule has 0 radical (unpaired) electrons. The SMILES string of the molecule is Nc1ccc([C@H]2CCNC(=O)C2)cc1OC(F)F. The molecule has 1 aromatic rings. The van der Waals surface area contributed by atoms with Crippen molar-refractivity contribution in [2.24, 2.45) is 0 Å². The quantitative estimate of drug-likeness (QED) is 0.811. The van der Waals surface area contributed by atoms with Gasteiger partial charge in [0.2, 0.25) is 5.91 Å². The molecule has 2 rings (SSSR count). The number of anilines is 1. The zero-order chi connectivity index (χ0) is 13.1. The van der Waals surface area contributed by atoms with Crippen LogP contribution in [0.5, 0.6) is 5.75 Å². The minimum absolute atomic E-state index is 0.0272. The van der Waals surface area contributed by atoms with Crippen LogP contribution in [-0.2, 0) is 4.79 Å². The summed E-state index contributed by atoms with van der Waals surface area (Å²) in [6.07, 6.45) is 1.14. The minimum Gasteiger partial charge on any atom is -0.433 e. The molecule has 0 spiro atoms. The molecule has 98 valence electrons. The van der Waals surface area contributed by atoms with Crippen molar-refractivity contribution < 1.29 is 18.3 Å². The number of halogens is 2. The number of carbonyl (C=O) groups excluding carboxylic acids is 1. The second-order valence-corrected chi connectivity index (χ2v) is 4.22. The fourth-order valence-corrected chi connectivity index (χ4v) is 2.07. The number of hydrogen-bond donors (Lipinski definition) is 2. The van der Waals surface area contributed by atoms with E-state index in [0.717, 1.165) is 12.0 Å².